The number of aromatic hydroxyl groups is 1. The van der Waals surface area contributed by atoms with Gasteiger partial charge in [-0.2, -0.15) is 0 Å². The van der Waals surface area contributed by atoms with Crippen molar-refractivity contribution in [3.63, 3.8) is 0 Å². The lowest BCUT2D eigenvalue weighted by atomic mass is 9.79. The number of phenolic OH excluding ortho intramolecular Hbond substituents is 1. The quantitative estimate of drug-likeness (QED) is 0.659. The Kier molecular flexibility index (Phi) is 3.43. The normalized spacial score (nSPS) is 19.0. The zero-order valence-electron chi connectivity index (χ0n) is 12.6. The summed E-state index contributed by atoms with van der Waals surface area (Å²) in [5, 5.41) is 10.5. The Labute approximate surface area is 147 Å². The molecule has 0 aromatic heterocycles. The van der Waals surface area contributed by atoms with Crippen LogP contribution in [-0.4, -0.2) is 11.1 Å². The third kappa shape index (κ3) is 2.07. The van der Waals surface area contributed by atoms with Crippen molar-refractivity contribution in [1.29, 1.82) is 0 Å². The summed E-state index contributed by atoms with van der Waals surface area (Å²) in [5.74, 6) is -0.319. The summed E-state index contributed by atoms with van der Waals surface area (Å²) < 4.78 is 6.70. The Morgan fingerprint density at radius 2 is 1.58 bits per heavy atom. The highest BCUT2D eigenvalue weighted by Crippen LogP contribution is 2.49. The van der Waals surface area contributed by atoms with Gasteiger partial charge in [-0.05, 0) is 24.3 Å². The SMILES string of the molecule is O=C1O[C@@](c2ccccc2)(c2cc(Br)ccc2O)c2ccccc21. The second-order valence-electron chi connectivity index (χ2n) is 5.64. The topological polar surface area (TPSA) is 46.5 Å². The van der Waals surface area contributed by atoms with Crippen LogP contribution in [0.5, 0.6) is 5.75 Å². The van der Waals surface area contributed by atoms with Gasteiger partial charge in [0, 0.05) is 21.2 Å². The molecular formula is C20H13BrO3. The van der Waals surface area contributed by atoms with Crippen molar-refractivity contribution in [3.8, 4) is 5.75 Å². The van der Waals surface area contributed by atoms with Crippen molar-refractivity contribution in [2.45, 2.75) is 5.60 Å². The van der Waals surface area contributed by atoms with Crippen LogP contribution in [0.4, 0.5) is 0 Å². The molecule has 0 saturated heterocycles. The Balaban J connectivity index is 2.11. The van der Waals surface area contributed by atoms with E-state index < -0.39 is 11.6 Å². The number of ether oxygens (including phenoxy) is 1. The van der Waals surface area contributed by atoms with Crippen LogP contribution in [0.25, 0.3) is 0 Å². The molecule has 0 aliphatic carbocycles. The summed E-state index contributed by atoms with van der Waals surface area (Å²) in [6, 6.07) is 21.9. The summed E-state index contributed by atoms with van der Waals surface area (Å²) >= 11 is 3.44. The van der Waals surface area contributed by atoms with Crippen molar-refractivity contribution >= 4 is 21.9 Å². The number of fused-ring (bicyclic) bond motifs is 1. The van der Waals surface area contributed by atoms with E-state index in [4.69, 9.17) is 4.74 Å². The Bertz CT molecular complexity index is 937. The van der Waals surface area contributed by atoms with Gasteiger partial charge in [-0.1, -0.05) is 64.5 Å². The van der Waals surface area contributed by atoms with Crippen molar-refractivity contribution in [3.05, 3.63) is 99.5 Å². The van der Waals surface area contributed by atoms with Crippen LogP contribution in [0.1, 0.15) is 27.0 Å². The van der Waals surface area contributed by atoms with Gasteiger partial charge in [0.2, 0.25) is 0 Å². The number of carbonyl (C=O) groups is 1. The lowest BCUT2D eigenvalue weighted by Crippen LogP contribution is -2.29. The maximum Gasteiger partial charge on any atom is 0.340 e. The molecule has 0 amide bonds. The number of esters is 1. The highest BCUT2D eigenvalue weighted by molar-refractivity contribution is 9.10. The molecule has 118 valence electrons. The highest BCUT2D eigenvalue weighted by Gasteiger charge is 2.49. The minimum absolute atomic E-state index is 0.0755. The highest BCUT2D eigenvalue weighted by atomic mass is 79.9. The molecule has 0 spiro atoms. The standard InChI is InChI=1S/C20H13BrO3/c21-14-10-11-18(22)17(12-14)20(13-6-2-1-3-7-13)16-9-5-4-8-15(16)19(23)24-20/h1-12,22H/t20-/m1/s1. The molecule has 0 fully saturated rings. The second-order valence-corrected chi connectivity index (χ2v) is 6.56. The molecule has 0 saturated carbocycles. The molecule has 3 aromatic carbocycles. The molecule has 1 aliphatic rings. The lowest BCUT2D eigenvalue weighted by molar-refractivity contribution is 0.0245. The minimum atomic E-state index is -1.16. The Hall–Kier alpha value is -2.59. The van der Waals surface area contributed by atoms with Crippen LogP contribution in [0.15, 0.2) is 77.3 Å². The number of hydrogen-bond donors (Lipinski definition) is 1. The third-order valence-corrected chi connectivity index (χ3v) is 4.78. The lowest BCUT2D eigenvalue weighted by Gasteiger charge is -2.30. The van der Waals surface area contributed by atoms with Gasteiger partial charge in [0.1, 0.15) is 5.75 Å². The van der Waals surface area contributed by atoms with E-state index >= 15 is 0 Å². The molecule has 0 bridgehead atoms. The average Bonchev–Trinajstić information content (AvgIpc) is 2.92. The fourth-order valence-electron chi connectivity index (χ4n) is 3.25. The monoisotopic (exact) mass is 380 g/mol. The van der Waals surface area contributed by atoms with E-state index in [0.717, 1.165) is 15.6 Å². The number of cyclic esters (lactones) is 1. The molecule has 3 aromatic rings. The van der Waals surface area contributed by atoms with Crippen molar-refractivity contribution < 1.29 is 14.6 Å². The number of hydrogen-bond acceptors (Lipinski definition) is 3. The van der Waals surface area contributed by atoms with Gasteiger partial charge in [0.05, 0.1) is 5.56 Å². The number of halogens is 1. The fraction of sp³-hybridized carbons (Fsp3) is 0.0500. The van der Waals surface area contributed by atoms with E-state index in [2.05, 4.69) is 15.9 Å². The molecule has 1 atom stereocenters. The molecule has 0 radical (unpaired) electrons. The van der Waals surface area contributed by atoms with Crippen molar-refractivity contribution in [1.82, 2.24) is 0 Å². The van der Waals surface area contributed by atoms with E-state index in [9.17, 15) is 9.90 Å². The second kappa shape index (κ2) is 5.49. The predicted octanol–water partition coefficient (Wildman–Crippen LogP) is 4.62. The van der Waals surface area contributed by atoms with Gasteiger partial charge in [-0.25, -0.2) is 4.79 Å². The average molecular weight is 381 g/mol. The molecular weight excluding hydrogens is 368 g/mol. The van der Waals surface area contributed by atoms with Gasteiger partial charge in [0.25, 0.3) is 0 Å². The summed E-state index contributed by atoms with van der Waals surface area (Å²) in [4.78, 5) is 12.5. The maximum atomic E-state index is 12.5. The first-order valence-electron chi connectivity index (χ1n) is 7.50. The van der Waals surface area contributed by atoms with E-state index in [1.54, 1.807) is 24.3 Å². The first-order chi connectivity index (χ1) is 11.6. The predicted molar refractivity (Wildman–Crippen MR) is 94.0 cm³/mol. The van der Waals surface area contributed by atoms with Crippen LogP contribution < -0.4 is 0 Å². The van der Waals surface area contributed by atoms with Gasteiger partial charge in [-0.15, -0.1) is 0 Å². The summed E-state index contributed by atoms with van der Waals surface area (Å²) in [5.41, 5.74) is 1.40. The van der Waals surface area contributed by atoms with E-state index in [1.807, 2.05) is 48.5 Å². The largest absolute Gasteiger partial charge is 0.507 e. The van der Waals surface area contributed by atoms with E-state index in [0.29, 0.717) is 11.1 Å². The minimum Gasteiger partial charge on any atom is -0.507 e. The molecule has 1 N–H and O–H groups in total. The van der Waals surface area contributed by atoms with Crippen LogP contribution in [0.2, 0.25) is 0 Å². The summed E-state index contributed by atoms with van der Waals surface area (Å²) in [6.45, 7) is 0. The molecule has 0 unspecified atom stereocenters. The van der Waals surface area contributed by atoms with E-state index in [-0.39, 0.29) is 5.75 Å². The molecule has 1 aliphatic heterocycles. The van der Waals surface area contributed by atoms with Gasteiger partial charge >= 0.3 is 5.97 Å². The molecule has 4 heteroatoms. The van der Waals surface area contributed by atoms with Crippen LogP contribution in [0.3, 0.4) is 0 Å². The van der Waals surface area contributed by atoms with Gasteiger partial charge < -0.3 is 9.84 Å². The molecule has 24 heavy (non-hydrogen) atoms. The maximum absolute atomic E-state index is 12.5. The number of benzene rings is 3. The van der Waals surface area contributed by atoms with Crippen LogP contribution >= 0.6 is 15.9 Å². The number of carbonyl (C=O) groups excluding carboxylic acids is 1. The fourth-order valence-corrected chi connectivity index (χ4v) is 3.61. The number of phenols is 1. The first kappa shape index (κ1) is 15.0. The molecule has 4 rings (SSSR count). The van der Waals surface area contributed by atoms with Crippen LogP contribution in [-0.2, 0) is 10.3 Å². The van der Waals surface area contributed by atoms with E-state index in [1.165, 1.54) is 0 Å². The zero-order valence-corrected chi connectivity index (χ0v) is 14.2. The van der Waals surface area contributed by atoms with Gasteiger partial charge in [-0.3, -0.25) is 0 Å². The smallest absolute Gasteiger partial charge is 0.340 e. The Morgan fingerprint density at radius 3 is 2.38 bits per heavy atom. The Morgan fingerprint density at radius 1 is 0.875 bits per heavy atom. The first-order valence-corrected chi connectivity index (χ1v) is 8.29. The van der Waals surface area contributed by atoms with Crippen LogP contribution in [0, 0.1) is 0 Å². The molecule has 3 nitrogen and oxygen atoms in total. The zero-order chi connectivity index (χ0) is 16.7. The summed E-state index contributed by atoms with van der Waals surface area (Å²) in [7, 11) is 0. The molecule has 1 heterocycles. The number of rotatable bonds is 2. The van der Waals surface area contributed by atoms with Gasteiger partial charge in [0.15, 0.2) is 5.60 Å². The summed E-state index contributed by atoms with van der Waals surface area (Å²) in [6.07, 6.45) is 0. The van der Waals surface area contributed by atoms with Crippen molar-refractivity contribution in [2.24, 2.45) is 0 Å². The van der Waals surface area contributed by atoms with Crippen molar-refractivity contribution in [2.75, 3.05) is 0 Å². The third-order valence-electron chi connectivity index (χ3n) is 4.29.